The van der Waals surface area contributed by atoms with Crippen molar-refractivity contribution in [3.8, 4) is 17.2 Å². The van der Waals surface area contributed by atoms with Crippen LogP contribution >= 0.6 is 11.6 Å². The van der Waals surface area contributed by atoms with E-state index in [2.05, 4.69) is 0 Å². The fourth-order valence-electron chi connectivity index (χ4n) is 2.24. The van der Waals surface area contributed by atoms with Gasteiger partial charge in [-0.1, -0.05) is 25.4 Å². The van der Waals surface area contributed by atoms with Crippen LogP contribution in [0.15, 0.2) is 6.07 Å². The van der Waals surface area contributed by atoms with Crippen molar-refractivity contribution in [3.05, 3.63) is 16.7 Å². The Morgan fingerprint density at radius 2 is 2.05 bits per heavy atom. The molecule has 6 heteroatoms. The maximum Gasteiger partial charge on any atom is 0.304 e. The van der Waals surface area contributed by atoms with Gasteiger partial charge in [-0.2, -0.15) is 0 Å². The Balaban J connectivity index is 2.60. The number of fused-ring (bicyclic) bond motifs is 1. The number of phenolic OH excluding ortho intramolecular Hbond substituents is 1. The van der Waals surface area contributed by atoms with Gasteiger partial charge in [-0.3, -0.25) is 4.79 Å². The van der Waals surface area contributed by atoms with Gasteiger partial charge < -0.3 is 19.7 Å². The van der Waals surface area contributed by atoms with Gasteiger partial charge in [-0.05, 0) is 0 Å². The van der Waals surface area contributed by atoms with Crippen LogP contribution < -0.4 is 9.47 Å². The molecule has 0 atom stereocenters. The summed E-state index contributed by atoms with van der Waals surface area (Å²) in [6.45, 7) is 4.17. The Hall–Kier alpha value is -1.62. The Labute approximate surface area is 115 Å². The molecule has 1 aliphatic rings. The first kappa shape index (κ1) is 13.8. The fraction of sp³-hybridized carbons (Fsp3) is 0.462. The average molecular weight is 287 g/mol. The lowest BCUT2D eigenvalue weighted by Gasteiger charge is -2.30. The van der Waals surface area contributed by atoms with E-state index in [1.165, 1.54) is 6.07 Å². The van der Waals surface area contributed by atoms with E-state index in [1.807, 2.05) is 0 Å². The van der Waals surface area contributed by atoms with Crippen molar-refractivity contribution < 1.29 is 24.5 Å². The highest BCUT2D eigenvalue weighted by Gasteiger charge is 2.34. The molecule has 1 aromatic carbocycles. The van der Waals surface area contributed by atoms with Gasteiger partial charge in [0.05, 0.1) is 11.4 Å². The molecule has 0 amide bonds. The third-order valence-corrected chi connectivity index (χ3v) is 3.32. The van der Waals surface area contributed by atoms with Gasteiger partial charge in [0.1, 0.15) is 19.0 Å². The van der Waals surface area contributed by atoms with Gasteiger partial charge in [0.2, 0.25) is 0 Å². The van der Waals surface area contributed by atoms with E-state index in [-0.39, 0.29) is 17.2 Å². The molecule has 2 rings (SSSR count). The molecule has 0 unspecified atom stereocenters. The van der Waals surface area contributed by atoms with Gasteiger partial charge in [0, 0.05) is 17.0 Å². The predicted molar refractivity (Wildman–Crippen MR) is 69.4 cm³/mol. The van der Waals surface area contributed by atoms with Crippen LogP contribution in [0.5, 0.6) is 17.2 Å². The van der Waals surface area contributed by atoms with Crippen LogP contribution in [0.4, 0.5) is 0 Å². The van der Waals surface area contributed by atoms with Crippen LogP contribution in [0, 0.1) is 0 Å². The first-order chi connectivity index (χ1) is 8.83. The summed E-state index contributed by atoms with van der Waals surface area (Å²) in [4.78, 5) is 11.0. The molecule has 5 nitrogen and oxygen atoms in total. The van der Waals surface area contributed by atoms with Gasteiger partial charge in [-0.15, -0.1) is 0 Å². The van der Waals surface area contributed by atoms with Crippen molar-refractivity contribution >= 4 is 17.6 Å². The quantitative estimate of drug-likeness (QED) is 0.893. The van der Waals surface area contributed by atoms with E-state index in [0.717, 1.165) is 0 Å². The minimum absolute atomic E-state index is 0.123. The van der Waals surface area contributed by atoms with Crippen LogP contribution in [0.1, 0.15) is 25.8 Å². The number of halogens is 1. The molecule has 0 saturated heterocycles. The maximum absolute atomic E-state index is 11.0. The fourth-order valence-corrected chi connectivity index (χ4v) is 2.43. The van der Waals surface area contributed by atoms with Crippen molar-refractivity contribution in [1.82, 2.24) is 0 Å². The molecular weight excluding hydrogens is 272 g/mol. The van der Waals surface area contributed by atoms with Crippen molar-refractivity contribution in [1.29, 1.82) is 0 Å². The Morgan fingerprint density at radius 1 is 1.42 bits per heavy atom. The average Bonchev–Trinajstić information content (AvgIpc) is 2.28. The van der Waals surface area contributed by atoms with Crippen LogP contribution in [-0.4, -0.2) is 29.4 Å². The lowest BCUT2D eigenvalue weighted by atomic mass is 9.80. The van der Waals surface area contributed by atoms with Gasteiger partial charge in [0.15, 0.2) is 11.5 Å². The second-order valence-electron chi connectivity index (χ2n) is 5.06. The minimum atomic E-state index is -0.963. The number of hydrogen-bond acceptors (Lipinski definition) is 4. The molecular formula is C13H15ClO5. The minimum Gasteiger partial charge on any atom is -0.506 e. The van der Waals surface area contributed by atoms with Gasteiger partial charge >= 0.3 is 5.97 Å². The molecule has 0 fully saturated rings. The summed E-state index contributed by atoms with van der Waals surface area (Å²) in [5.41, 5.74) is -0.455. The molecule has 1 aliphatic heterocycles. The van der Waals surface area contributed by atoms with E-state index in [1.54, 1.807) is 13.8 Å². The van der Waals surface area contributed by atoms with Crippen molar-refractivity contribution in [3.63, 3.8) is 0 Å². The number of carboxylic acid groups (broad SMARTS) is 1. The number of ether oxygens (including phenoxy) is 2. The summed E-state index contributed by atoms with van der Waals surface area (Å²) in [6, 6.07) is 1.48. The molecule has 104 valence electrons. The number of carboxylic acids is 1. The van der Waals surface area contributed by atoms with Crippen LogP contribution in [0.2, 0.25) is 5.02 Å². The number of rotatable bonds is 3. The molecule has 0 aliphatic carbocycles. The molecule has 0 radical (unpaired) electrons. The van der Waals surface area contributed by atoms with E-state index < -0.39 is 11.4 Å². The van der Waals surface area contributed by atoms with Crippen LogP contribution in [0.3, 0.4) is 0 Å². The van der Waals surface area contributed by atoms with Gasteiger partial charge in [-0.25, -0.2) is 0 Å². The summed E-state index contributed by atoms with van der Waals surface area (Å²) in [7, 11) is 0. The highest BCUT2D eigenvalue weighted by Crippen LogP contribution is 2.49. The molecule has 2 N–H and O–H groups in total. The molecule has 0 spiro atoms. The summed E-state index contributed by atoms with van der Waals surface area (Å²) in [5.74, 6) is -0.311. The van der Waals surface area contributed by atoms with Gasteiger partial charge in [0.25, 0.3) is 0 Å². The van der Waals surface area contributed by atoms with E-state index in [0.29, 0.717) is 30.3 Å². The monoisotopic (exact) mass is 286 g/mol. The predicted octanol–water partition coefficient (Wildman–Crippen LogP) is 2.57. The number of aliphatic carboxylic acids is 1. The van der Waals surface area contributed by atoms with Crippen LogP contribution in [-0.2, 0) is 10.2 Å². The Bertz CT molecular complexity index is 524. The third kappa shape index (κ3) is 2.56. The molecule has 0 aromatic heterocycles. The van der Waals surface area contributed by atoms with Crippen molar-refractivity contribution in [2.75, 3.05) is 13.2 Å². The molecule has 0 bridgehead atoms. The lowest BCUT2D eigenvalue weighted by Crippen LogP contribution is -2.25. The second-order valence-corrected chi connectivity index (χ2v) is 5.47. The third-order valence-electron chi connectivity index (χ3n) is 3.03. The first-order valence-electron chi connectivity index (χ1n) is 5.86. The number of hydrogen-bond donors (Lipinski definition) is 2. The number of carbonyl (C=O) groups is 1. The summed E-state index contributed by atoms with van der Waals surface area (Å²) in [6.07, 6.45) is -0.156. The summed E-state index contributed by atoms with van der Waals surface area (Å²) < 4.78 is 11.0. The Morgan fingerprint density at radius 3 is 2.68 bits per heavy atom. The second kappa shape index (κ2) is 4.81. The standard InChI is InChI=1S/C13H15ClO5/c1-13(2,6-9(15)16)10-11(17)7(14)5-8-12(10)19-4-3-18-8/h5,17H,3-4,6H2,1-2H3,(H,15,16). The van der Waals surface area contributed by atoms with Crippen molar-refractivity contribution in [2.24, 2.45) is 0 Å². The van der Waals surface area contributed by atoms with Crippen LogP contribution in [0.25, 0.3) is 0 Å². The summed E-state index contributed by atoms with van der Waals surface area (Å²) in [5, 5.41) is 19.3. The number of aromatic hydroxyl groups is 1. The zero-order valence-electron chi connectivity index (χ0n) is 10.7. The highest BCUT2D eigenvalue weighted by molar-refractivity contribution is 6.32. The molecule has 0 saturated carbocycles. The SMILES string of the molecule is CC(C)(CC(=O)O)c1c(O)c(Cl)cc2c1OCCO2. The molecule has 19 heavy (non-hydrogen) atoms. The maximum atomic E-state index is 11.0. The molecule has 1 aromatic rings. The van der Waals surface area contributed by atoms with Crippen molar-refractivity contribution in [2.45, 2.75) is 25.7 Å². The van der Waals surface area contributed by atoms with E-state index in [9.17, 15) is 9.90 Å². The number of benzene rings is 1. The van der Waals surface area contributed by atoms with E-state index >= 15 is 0 Å². The zero-order chi connectivity index (χ0) is 14.2. The summed E-state index contributed by atoms with van der Waals surface area (Å²) >= 11 is 5.96. The normalized spacial score (nSPS) is 14.3. The Kier molecular flexibility index (Phi) is 3.49. The largest absolute Gasteiger partial charge is 0.506 e. The topological polar surface area (TPSA) is 76.0 Å². The highest BCUT2D eigenvalue weighted by atomic mass is 35.5. The first-order valence-corrected chi connectivity index (χ1v) is 6.24. The zero-order valence-corrected chi connectivity index (χ0v) is 11.5. The molecule has 1 heterocycles. The number of phenols is 1. The van der Waals surface area contributed by atoms with E-state index in [4.69, 9.17) is 26.2 Å². The smallest absolute Gasteiger partial charge is 0.304 e. The lowest BCUT2D eigenvalue weighted by molar-refractivity contribution is -0.138.